The lowest BCUT2D eigenvalue weighted by Gasteiger charge is -2.40. The van der Waals surface area contributed by atoms with Crippen LogP contribution in [0.4, 0.5) is 5.69 Å². The highest BCUT2D eigenvalue weighted by molar-refractivity contribution is 5.78. The Kier molecular flexibility index (Phi) is 5.23. The van der Waals surface area contributed by atoms with Gasteiger partial charge in [0.2, 0.25) is 5.91 Å². The first-order chi connectivity index (χ1) is 9.97. The molecule has 1 aliphatic rings. The third-order valence-corrected chi connectivity index (χ3v) is 4.16. The van der Waals surface area contributed by atoms with Gasteiger partial charge >= 0.3 is 0 Å². The molecule has 1 aliphatic heterocycles. The van der Waals surface area contributed by atoms with E-state index in [-0.39, 0.29) is 29.9 Å². The second-order valence-corrected chi connectivity index (χ2v) is 6.34. The van der Waals surface area contributed by atoms with Crippen LogP contribution in [0.3, 0.4) is 0 Å². The van der Waals surface area contributed by atoms with Crippen molar-refractivity contribution < 1.29 is 9.90 Å². The van der Waals surface area contributed by atoms with Crippen LogP contribution in [0.25, 0.3) is 0 Å². The quantitative estimate of drug-likeness (QED) is 0.892. The number of rotatable bonds is 4. The van der Waals surface area contributed by atoms with Gasteiger partial charge in [-0.3, -0.25) is 4.79 Å². The molecule has 2 rings (SSSR count). The molecular weight excluding hydrogens is 264 g/mol. The Morgan fingerprint density at radius 2 is 1.90 bits per heavy atom. The molecule has 1 amide bonds. The number of anilines is 1. The van der Waals surface area contributed by atoms with Crippen LogP contribution in [0.1, 0.15) is 27.2 Å². The van der Waals surface area contributed by atoms with Gasteiger partial charge in [-0.2, -0.15) is 0 Å². The Hall–Kier alpha value is -1.55. The number of carbonyl (C=O) groups is 1. The van der Waals surface area contributed by atoms with E-state index >= 15 is 0 Å². The van der Waals surface area contributed by atoms with Crippen molar-refractivity contribution in [2.24, 2.45) is 11.8 Å². The molecular formula is C17H26N2O2. The Labute approximate surface area is 127 Å². The summed E-state index contributed by atoms with van der Waals surface area (Å²) < 4.78 is 0. The summed E-state index contributed by atoms with van der Waals surface area (Å²) in [5, 5.41) is 13.1. The van der Waals surface area contributed by atoms with E-state index in [1.807, 2.05) is 39.0 Å². The number of para-hydroxylation sites is 1. The normalized spacial score (nSPS) is 24.0. The number of carbonyl (C=O) groups excluding carboxylic acids is 1. The van der Waals surface area contributed by atoms with Gasteiger partial charge in [0.25, 0.3) is 0 Å². The standard InChI is InChI=1S/C17H26N2O2/c1-12(2)17(21)18-15-9-14(13(3)20)10-19(11-15)16-7-5-4-6-8-16/h4-8,12-15,20H,9-11H2,1-3H3,(H,18,21). The number of hydrogen-bond acceptors (Lipinski definition) is 3. The maximum Gasteiger partial charge on any atom is 0.222 e. The summed E-state index contributed by atoms with van der Waals surface area (Å²) in [6, 6.07) is 10.3. The average Bonchev–Trinajstić information content (AvgIpc) is 2.47. The fourth-order valence-corrected chi connectivity index (χ4v) is 2.81. The molecule has 0 bridgehead atoms. The second-order valence-electron chi connectivity index (χ2n) is 6.34. The molecule has 3 atom stereocenters. The van der Waals surface area contributed by atoms with Gasteiger partial charge in [0.05, 0.1) is 6.10 Å². The number of amides is 1. The molecule has 21 heavy (non-hydrogen) atoms. The van der Waals surface area contributed by atoms with E-state index in [2.05, 4.69) is 22.3 Å². The van der Waals surface area contributed by atoms with E-state index in [1.54, 1.807) is 0 Å². The summed E-state index contributed by atoms with van der Waals surface area (Å²) in [6.07, 6.45) is 0.467. The van der Waals surface area contributed by atoms with Crippen LogP contribution >= 0.6 is 0 Å². The highest BCUT2D eigenvalue weighted by atomic mass is 16.3. The van der Waals surface area contributed by atoms with Crippen LogP contribution in [0.15, 0.2) is 30.3 Å². The lowest BCUT2D eigenvalue weighted by molar-refractivity contribution is -0.124. The molecule has 4 heteroatoms. The van der Waals surface area contributed by atoms with E-state index in [0.29, 0.717) is 0 Å². The predicted octanol–water partition coefficient (Wildman–Crippen LogP) is 2.03. The van der Waals surface area contributed by atoms with Gasteiger partial charge in [0.1, 0.15) is 0 Å². The number of hydrogen-bond donors (Lipinski definition) is 2. The van der Waals surface area contributed by atoms with E-state index < -0.39 is 0 Å². The Bertz CT molecular complexity index is 459. The molecule has 0 radical (unpaired) electrons. The highest BCUT2D eigenvalue weighted by Crippen LogP contribution is 2.25. The molecule has 4 nitrogen and oxygen atoms in total. The summed E-state index contributed by atoms with van der Waals surface area (Å²) in [5.41, 5.74) is 1.15. The van der Waals surface area contributed by atoms with Crippen molar-refractivity contribution in [3.63, 3.8) is 0 Å². The fraction of sp³-hybridized carbons (Fsp3) is 0.588. The van der Waals surface area contributed by atoms with E-state index in [1.165, 1.54) is 0 Å². The number of aliphatic hydroxyl groups is 1. The molecule has 0 aliphatic carbocycles. The van der Waals surface area contributed by atoms with Gasteiger partial charge in [0.15, 0.2) is 0 Å². The zero-order valence-electron chi connectivity index (χ0n) is 13.1. The van der Waals surface area contributed by atoms with Crippen molar-refractivity contribution in [2.75, 3.05) is 18.0 Å². The van der Waals surface area contributed by atoms with Crippen molar-refractivity contribution in [3.8, 4) is 0 Å². The number of aliphatic hydroxyl groups excluding tert-OH is 1. The molecule has 2 N–H and O–H groups in total. The van der Waals surface area contributed by atoms with Crippen LogP contribution in [0, 0.1) is 11.8 Å². The zero-order valence-corrected chi connectivity index (χ0v) is 13.1. The number of benzene rings is 1. The van der Waals surface area contributed by atoms with Crippen LogP contribution in [0.5, 0.6) is 0 Å². The lowest BCUT2D eigenvalue weighted by Crippen LogP contribution is -2.53. The van der Waals surface area contributed by atoms with Crippen molar-refractivity contribution in [1.82, 2.24) is 5.32 Å². The van der Waals surface area contributed by atoms with Crippen LogP contribution in [0.2, 0.25) is 0 Å². The van der Waals surface area contributed by atoms with Gasteiger partial charge in [0, 0.05) is 36.7 Å². The number of nitrogens with one attached hydrogen (secondary N) is 1. The third kappa shape index (κ3) is 4.21. The first kappa shape index (κ1) is 15.8. The summed E-state index contributed by atoms with van der Waals surface area (Å²) in [4.78, 5) is 14.2. The van der Waals surface area contributed by atoms with Crippen molar-refractivity contribution >= 4 is 11.6 Å². The SMILES string of the molecule is CC(C)C(=O)NC1CC(C(C)O)CN(c2ccccc2)C1. The summed E-state index contributed by atoms with van der Waals surface area (Å²) in [7, 11) is 0. The zero-order chi connectivity index (χ0) is 15.4. The molecule has 1 heterocycles. The topological polar surface area (TPSA) is 52.6 Å². The third-order valence-electron chi connectivity index (χ3n) is 4.16. The first-order valence-corrected chi connectivity index (χ1v) is 7.75. The van der Waals surface area contributed by atoms with Gasteiger partial charge in [-0.15, -0.1) is 0 Å². The minimum absolute atomic E-state index is 0.0119. The van der Waals surface area contributed by atoms with E-state index in [4.69, 9.17) is 0 Å². The Morgan fingerprint density at radius 3 is 2.48 bits per heavy atom. The molecule has 0 spiro atoms. The van der Waals surface area contributed by atoms with Crippen LogP contribution in [-0.2, 0) is 4.79 Å². The summed E-state index contributed by atoms with van der Waals surface area (Å²) in [6.45, 7) is 7.26. The predicted molar refractivity (Wildman–Crippen MR) is 85.2 cm³/mol. The minimum atomic E-state index is -0.366. The monoisotopic (exact) mass is 290 g/mol. The Balaban J connectivity index is 2.10. The summed E-state index contributed by atoms with van der Waals surface area (Å²) >= 11 is 0. The van der Waals surface area contributed by atoms with E-state index in [9.17, 15) is 9.90 Å². The molecule has 0 saturated carbocycles. The van der Waals surface area contributed by atoms with Crippen molar-refractivity contribution in [1.29, 1.82) is 0 Å². The molecule has 3 unspecified atom stereocenters. The smallest absolute Gasteiger partial charge is 0.222 e. The van der Waals surface area contributed by atoms with Gasteiger partial charge in [-0.1, -0.05) is 32.0 Å². The largest absolute Gasteiger partial charge is 0.393 e. The number of nitrogens with zero attached hydrogens (tertiary/aromatic N) is 1. The van der Waals surface area contributed by atoms with E-state index in [0.717, 1.165) is 25.2 Å². The maximum absolute atomic E-state index is 11.9. The lowest BCUT2D eigenvalue weighted by atomic mass is 9.89. The van der Waals surface area contributed by atoms with Crippen LogP contribution < -0.4 is 10.2 Å². The highest BCUT2D eigenvalue weighted by Gasteiger charge is 2.31. The molecule has 1 aromatic carbocycles. The van der Waals surface area contributed by atoms with Gasteiger partial charge < -0.3 is 15.3 Å². The van der Waals surface area contributed by atoms with Crippen molar-refractivity contribution in [2.45, 2.75) is 39.3 Å². The first-order valence-electron chi connectivity index (χ1n) is 7.75. The number of piperidine rings is 1. The Morgan fingerprint density at radius 1 is 1.24 bits per heavy atom. The molecule has 1 aromatic rings. The van der Waals surface area contributed by atoms with Gasteiger partial charge in [-0.25, -0.2) is 0 Å². The molecule has 0 aromatic heterocycles. The van der Waals surface area contributed by atoms with Crippen LogP contribution in [-0.4, -0.2) is 36.2 Å². The second kappa shape index (κ2) is 6.94. The molecule has 116 valence electrons. The summed E-state index contributed by atoms with van der Waals surface area (Å²) in [5.74, 6) is 0.248. The molecule has 1 fully saturated rings. The minimum Gasteiger partial charge on any atom is -0.393 e. The van der Waals surface area contributed by atoms with Gasteiger partial charge in [-0.05, 0) is 25.5 Å². The molecule has 1 saturated heterocycles. The average molecular weight is 290 g/mol. The fourth-order valence-electron chi connectivity index (χ4n) is 2.81. The van der Waals surface area contributed by atoms with Crippen molar-refractivity contribution in [3.05, 3.63) is 30.3 Å². The maximum atomic E-state index is 11.9.